The van der Waals surface area contributed by atoms with E-state index in [1.54, 1.807) is 0 Å². The van der Waals surface area contributed by atoms with Crippen LogP contribution in [0.3, 0.4) is 0 Å². The van der Waals surface area contributed by atoms with Gasteiger partial charge in [-0.05, 0) is 38.5 Å². The Labute approximate surface area is 123 Å². The largest absolute Gasteiger partial charge is 0.319 e. The lowest BCUT2D eigenvalue weighted by atomic mass is 10.1. The van der Waals surface area contributed by atoms with Crippen LogP contribution in [0.15, 0.2) is 24.3 Å². The van der Waals surface area contributed by atoms with Crippen LogP contribution in [0.5, 0.6) is 0 Å². The molecular weight excluding hydrogens is 276 g/mol. The number of fused-ring (bicyclic) bond motifs is 1. The summed E-state index contributed by atoms with van der Waals surface area (Å²) in [7, 11) is 2.03. The summed E-state index contributed by atoms with van der Waals surface area (Å²) in [5.74, 6) is 0.790. The Morgan fingerprint density at radius 2 is 2.26 bits per heavy atom. The molecule has 1 saturated heterocycles. The minimum absolute atomic E-state index is 0.790. The van der Waals surface area contributed by atoms with E-state index < -0.39 is 0 Å². The van der Waals surface area contributed by atoms with Crippen molar-refractivity contribution in [3.8, 4) is 0 Å². The summed E-state index contributed by atoms with van der Waals surface area (Å²) >= 11 is 8.34. The number of benzene rings is 1. The van der Waals surface area contributed by atoms with E-state index in [-0.39, 0.29) is 0 Å². The molecule has 1 atom stereocenters. The molecule has 4 heteroatoms. The Morgan fingerprint density at radius 1 is 1.42 bits per heavy atom. The molecule has 1 fully saturated rings. The van der Waals surface area contributed by atoms with Gasteiger partial charge in [-0.15, -0.1) is 11.3 Å². The number of likely N-dealkylation sites (tertiary alicyclic amines) is 1. The van der Waals surface area contributed by atoms with Crippen molar-refractivity contribution in [3.63, 3.8) is 0 Å². The lowest BCUT2D eigenvalue weighted by Gasteiger charge is -2.15. The van der Waals surface area contributed by atoms with E-state index >= 15 is 0 Å². The highest BCUT2D eigenvalue weighted by molar-refractivity contribution is 7.19. The first-order valence-electron chi connectivity index (χ1n) is 6.81. The van der Waals surface area contributed by atoms with Crippen molar-refractivity contribution in [1.29, 1.82) is 0 Å². The molecule has 2 heterocycles. The smallest absolute Gasteiger partial charge is 0.0637 e. The third-order valence-electron chi connectivity index (χ3n) is 3.83. The highest BCUT2D eigenvalue weighted by atomic mass is 35.5. The minimum Gasteiger partial charge on any atom is -0.319 e. The summed E-state index contributed by atoms with van der Waals surface area (Å²) in [6, 6.07) is 8.41. The molecule has 1 aliphatic heterocycles. The molecule has 1 aromatic heterocycles. The summed E-state index contributed by atoms with van der Waals surface area (Å²) < 4.78 is 1.30. The van der Waals surface area contributed by atoms with Gasteiger partial charge in [-0.25, -0.2) is 0 Å². The summed E-state index contributed by atoms with van der Waals surface area (Å²) in [5, 5.41) is 5.44. The average molecular weight is 295 g/mol. The third-order valence-corrected chi connectivity index (χ3v) is 5.53. The summed E-state index contributed by atoms with van der Waals surface area (Å²) in [5.41, 5.74) is 0. The first-order valence-corrected chi connectivity index (χ1v) is 8.00. The van der Waals surface area contributed by atoms with E-state index in [1.807, 2.05) is 18.4 Å². The molecule has 3 rings (SSSR count). The Morgan fingerprint density at radius 3 is 3.05 bits per heavy atom. The zero-order valence-electron chi connectivity index (χ0n) is 11.2. The number of halogens is 1. The van der Waals surface area contributed by atoms with Gasteiger partial charge in [-0.3, -0.25) is 4.90 Å². The standard InChI is InChI=1S/C15H19ClN2S/c1-17-8-11-6-7-18(9-11)10-14-15(16)12-4-2-3-5-13(12)19-14/h2-5,11,17H,6-10H2,1H3. The van der Waals surface area contributed by atoms with Gasteiger partial charge in [0.2, 0.25) is 0 Å². The van der Waals surface area contributed by atoms with E-state index in [4.69, 9.17) is 11.6 Å². The van der Waals surface area contributed by atoms with Gasteiger partial charge in [0.05, 0.1) is 5.02 Å². The number of rotatable bonds is 4. The van der Waals surface area contributed by atoms with Crippen molar-refractivity contribution in [2.75, 3.05) is 26.7 Å². The average Bonchev–Trinajstić information content (AvgIpc) is 2.97. The van der Waals surface area contributed by atoms with Gasteiger partial charge in [-0.2, -0.15) is 0 Å². The van der Waals surface area contributed by atoms with Crippen LogP contribution >= 0.6 is 22.9 Å². The van der Waals surface area contributed by atoms with Crippen LogP contribution in [0.2, 0.25) is 5.02 Å². The SMILES string of the molecule is CNCC1CCN(Cc2sc3ccccc3c2Cl)C1. The van der Waals surface area contributed by atoms with Gasteiger partial charge >= 0.3 is 0 Å². The van der Waals surface area contributed by atoms with Gasteiger partial charge in [0, 0.05) is 28.1 Å². The van der Waals surface area contributed by atoms with Gasteiger partial charge in [-0.1, -0.05) is 29.8 Å². The second-order valence-electron chi connectivity index (χ2n) is 5.28. The number of nitrogens with zero attached hydrogens (tertiary/aromatic N) is 1. The molecule has 0 amide bonds. The number of thiophene rings is 1. The molecule has 1 aliphatic rings. The number of hydrogen-bond acceptors (Lipinski definition) is 3. The molecule has 1 aromatic carbocycles. The highest BCUT2D eigenvalue weighted by Crippen LogP contribution is 2.36. The van der Waals surface area contributed by atoms with Crippen molar-refractivity contribution in [3.05, 3.63) is 34.2 Å². The van der Waals surface area contributed by atoms with Gasteiger partial charge in [0.25, 0.3) is 0 Å². The maximum Gasteiger partial charge on any atom is 0.0637 e. The molecule has 0 radical (unpaired) electrons. The predicted octanol–water partition coefficient (Wildman–Crippen LogP) is 3.60. The molecular formula is C15H19ClN2S. The Bertz CT molecular complexity index is 566. The molecule has 0 saturated carbocycles. The van der Waals surface area contributed by atoms with Gasteiger partial charge in [0.1, 0.15) is 0 Å². The monoisotopic (exact) mass is 294 g/mol. The van der Waals surface area contributed by atoms with Gasteiger partial charge < -0.3 is 5.32 Å². The van der Waals surface area contributed by atoms with Crippen molar-refractivity contribution in [2.45, 2.75) is 13.0 Å². The molecule has 0 aliphatic carbocycles. The van der Waals surface area contributed by atoms with E-state index in [9.17, 15) is 0 Å². The molecule has 2 aromatic rings. The normalized spacial score (nSPS) is 20.4. The fourth-order valence-corrected chi connectivity index (χ4v) is 4.42. The van der Waals surface area contributed by atoms with E-state index in [1.165, 1.54) is 34.5 Å². The van der Waals surface area contributed by atoms with Crippen LogP contribution in [0.1, 0.15) is 11.3 Å². The van der Waals surface area contributed by atoms with Crippen LogP contribution in [0.25, 0.3) is 10.1 Å². The fourth-order valence-electron chi connectivity index (χ4n) is 2.88. The molecule has 0 bridgehead atoms. The summed E-state index contributed by atoms with van der Waals surface area (Å²) in [6.45, 7) is 4.50. The van der Waals surface area contributed by atoms with Crippen molar-refractivity contribution in [1.82, 2.24) is 10.2 Å². The molecule has 19 heavy (non-hydrogen) atoms. The van der Waals surface area contributed by atoms with Crippen molar-refractivity contribution < 1.29 is 0 Å². The molecule has 0 spiro atoms. The quantitative estimate of drug-likeness (QED) is 0.927. The lowest BCUT2D eigenvalue weighted by molar-refractivity contribution is 0.318. The molecule has 1 unspecified atom stereocenters. The van der Waals surface area contributed by atoms with Crippen LogP contribution in [-0.4, -0.2) is 31.6 Å². The lowest BCUT2D eigenvalue weighted by Crippen LogP contribution is -2.24. The van der Waals surface area contributed by atoms with E-state index in [0.29, 0.717) is 0 Å². The predicted molar refractivity (Wildman–Crippen MR) is 84.1 cm³/mol. The highest BCUT2D eigenvalue weighted by Gasteiger charge is 2.23. The molecule has 1 N–H and O–H groups in total. The third kappa shape index (κ3) is 2.79. The van der Waals surface area contributed by atoms with Crippen LogP contribution in [0.4, 0.5) is 0 Å². The Kier molecular flexibility index (Phi) is 4.08. The zero-order valence-corrected chi connectivity index (χ0v) is 12.7. The van der Waals surface area contributed by atoms with Crippen molar-refractivity contribution >= 4 is 33.0 Å². The first-order chi connectivity index (χ1) is 9.28. The van der Waals surface area contributed by atoms with E-state index in [0.717, 1.165) is 24.0 Å². The fraction of sp³-hybridized carbons (Fsp3) is 0.467. The second kappa shape index (κ2) is 5.80. The van der Waals surface area contributed by atoms with Crippen LogP contribution in [0, 0.1) is 5.92 Å². The van der Waals surface area contributed by atoms with Crippen LogP contribution in [-0.2, 0) is 6.54 Å². The number of nitrogens with one attached hydrogen (secondary N) is 1. The Balaban J connectivity index is 1.74. The zero-order chi connectivity index (χ0) is 13.2. The first kappa shape index (κ1) is 13.4. The Hall–Kier alpha value is -0.610. The minimum atomic E-state index is 0.790. The van der Waals surface area contributed by atoms with Crippen LogP contribution < -0.4 is 5.32 Å². The summed E-state index contributed by atoms with van der Waals surface area (Å²) in [4.78, 5) is 3.84. The second-order valence-corrected chi connectivity index (χ2v) is 6.80. The molecule has 2 nitrogen and oxygen atoms in total. The topological polar surface area (TPSA) is 15.3 Å². The number of hydrogen-bond donors (Lipinski definition) is 1. The maximum absolute atomic E-state index is 6.50. The van der Waals surface area contributed by atoms with E-state index in [2.05, 4.69) is 34.5 Å². The summed E-state index contributed by atoms with van der Waals surface area (Å²) in [6.07, 6.45) is 1.29. The van der Waals surface area contributed by atoms with Gasteiger partial charge in [0.15, 0.2) is 0 Å². The molecule has 102 valence electrons. The van der Waals surface area contributed by atoms with Crippen molar-refractivity contribution in [2.24, 2.45) is 5.92 Å². The maximum atomic E-state index is 6.50.